The van der Waals surface area contributed by atoms with Crippen molar-refractivity contribution >= 4 is 0 Å². The molecule has 2 fully saturated rings. The summed E-state index contributed by atoms with van der Waals surface area (Å²) in [5, 5.41) is 0. The minimum Gasteiger partial charge on any atom is -0.376 e. The van der Waals surface area contributed by atoms with Crippen LogP contribution in [0.3, 0.4) is 0 Å². The van der Waals surface area contributed by atoms with Crippen LogP contribution in [0.1, 0.15) is 59.3 Å². The van der Waals surface area contributed by atoms with Gasteiger partial charge in [-0.15, -0.1) is 0 Å². The van der Waals surface area contributed by atoms with Gasteiger partial charge in [0, 0.05) is 32.7 Å². The lowest BCUT2D eigenvalue weighted by Gasteiger charge is -2.34. The highest BCUT2D eigenvalue weighted by Crippen LogP contribution is 2.31. The molecular weight excluding hydrogens is 272 g/mol. The Labute approximate surface area is 138 Å². The van der Waals surface area contributed by atoms with E-state index in [0.717, 1.165) is 11.8 Å². The van der Waals surface area contributed by atoms with Gasteiger partial charge in [-0.1, -0.05) is 13.3 Å². The molecule has 1 aliphatic heterocycles. The molecule has 3 nitrogen and oxygen atoms in total. The van der Waals surface area contributed by atoms with E-state index in [1.165, 1.54) is 71.2 Å². The molecule has 1 unspecified atom stereocenters. The second-order valence-corrected chi connectivity index (χ2v) is 8.11. The highest BCUT2D eigenvalue weighted by atomic mass is 16.5. The minimum absolute atomic E-state index is 0.394. The van der Waals surface area contributed by atoms with Crippen LogP contribution in [-0.2, 0) is 4.74 Å². The molecule has 0 spiro atoms. The lowest BCUT2D eigenvalue weighted by atomic mass is 9.83. The number of piperazine rings is 1. The Balaban J connectivity index is 1.56. The minimum atomic E-state index is 0.394. The first kappa shape index (κ1) is 18.2. The summed E-state index contributed by atoms with van der Waals surface area (Å²) in [6.45, 7) is 13.1. The van der Waals surface area contributed by atoms with Gasteiger partial charge in [-0.2, -0.15) is 0 Å². The average molecular weight is 311 g/mol. The molecule has 0 N–H and O–H groups in total. The van der Waals surface area contributed by atoms with Gasteiger partial charge >= 0.3 is 0 Å². The average Bonchev–Trinajstić information content (AvgIpc) is 2.48. The summed E-state index contributed by atoms with van der Waals surface area (Å²) in [6, 6.07) is 0. The Morgan fingerprint density at radius 2 is 1.59 bits per heavy atom. The maximum absolute atomic E-state index is 5.96. The van der Waals surface area contributed by atoms with Crippen molar-refractivity contribution in [2.75, 3.05) is 39.8 Å². The van der Waals surface area contributed by atoms with Crippen molar-refractivity contribution in [3.8, 4) is 0 Å². The van der Waals surface area contributed by atoms with E-state index in [1.807, 2.05) is 0 Å². The summed E-state index contributed by atoms with van der Waals surface area (Å²) in [5.74, 6) is 1.81. The van der Waals surface area contributed by atoms with Crippen molar-refractivity contribution in [2.24, 2.45) is 11.8 Å². The van der Waals surface area contributed by atoms with Gasteiger partial charge in [-0.3, -0.25) is 0 Å². The van der Waals surface area contributed by atoms with E-state index in [-0.39, 0.29) is 0 Å². The Morgan fingerprint density at radius 3 is 2.18 bits per heavy atom. The van der Waals surface area contributed by atoms with E-state index >= 15 is 0 Å². The molecule has 1 heterocycles. The van der Waals surface area contributed by atoms with E-state index in [9.17, 15) is 0 Å². The van der Waals surface area contributed by atoms with Gasteiger partial charge in [0.15, 0.2) is 0 Å². The van der Waals surface area contributed by atoms with Gasteiger partial charge in [0.25, 0.3) is 0 Å². The molecule has 0 bridgehead atoms. The van der Waals surface area contributed by atoms with E-state index in [1.54, 1.807) is 0 Å². The summed E-state index contributed by atoms with van der Waals surface area (Å²) in [7, 11) is 2.24. The molecule has 2 aliphatic rings. The zero-order valence-corrected chi connectivity index (χ0v) is 15.4. The van der Waals surface area contributed by atoms with Crippen LogP contribution >= 0.6 is 0 Å². The molecule has 22 heavy (non-hydrogen) atoms. The van der Waals surface area contributed by atoms with Crippen LogP contribution < -0.4 is 0 Å². The molecule has 130 valence electrons. The maximum atomic E-state index is 5.96. The SMILES string of the molecule is CC(CCC1CCC(OC(C)C)CC1)CN1CCN(C)CC1. The van der Waals surface area contributed by atoms with E-state index in [0.29, 0.717) is 12.2 Å². The number of likely N-dealkylation sites (N-methyl/N-ethyl adjacent to an activating group) is 1. The van der Waals surface area contributed by atoms with Crippen LogP contribution in [-0.4, -0.2) is 61.8 Å². The third-order valence-electron chi connectivity index (χ3n) is 5.49. The van der Waals surface area contributed by atoms with Crippen LogP contribution in [0.25, 0.3) is 0 Å². The molecular formula is C19H38N2O. The molecule has 3 heteroatoms. The van der Waals surface area contributed by atoms with Crippen molar-refractivity contribution in [1.29, 1.82) is 0 Å². The predicted molar refractivity (Wildman–Crippen MR) is 94.3 cm³/mol. The third kappa shape index (κ3) is 6.55. The molecule has 0 aromatic rings. The van der Waals surface area contributed by atoms with Crippen molar-refractivity contribution in [3.05, 3.63) is 0 Å². The van der Waals surface area contributed by atoms with Gasteiger partial charge in [0.2, 0.25) is 0 Å². The Morgan fingerprint density at radius 1 is 0.955 bits per heavy atom. The molecule has 0 aromatic heterocycles. The smallest absolute Gasteiger partial charge is 0.0578 e. The van der Waals surface area contributed by atoms with Gasteiger partial charge in [-0.05, 0) is 64.8 Å². The fourth-order valence-corrected chi connectivity index (χ4v) is 4.02. The van der Waals surface area contributed by atoms with Crippen LogP contribution in [0.4, 0.5) is 0 Å². The fourth-order valence-electron chi connectivity index (χ4n) is 4.02. The van der Waals surface area contributed by atoms with Crippen LogP contribution in [0.2, 0.25) is 0 Å². The first-order chi connectivity index (χ1) is 10.5. The van der Waals surface area contributed by atoms with E-state index in [2.05, 4.69) is 37.6 Å². The lowest BCUT2D eigenvalue weighted by Crippen LogP contribution is -2.45. The molecule has 1 saturated carbocycles. The highest BCUT2D eigenvalue weighted by molar-refractivity contribution is 4.76. The number of nitrogens with zero attached hydrogens (tertiary/aromatic N) is 2. The number of rotatable bonds is 7. The fraction of sp³-hybridized carbons (Fsp3) is 1.00. The summed E-state index contributed by atoms with van der Waals surface area (Å²) < 4.78 is 5.96. The summed E-state index contributed by atoms with van der Waals surface area (Å²) >= 11 is 0. The quantitative estimate of drug-likeness (QED) is 0.714. The monoisotopic (exact) mass is 310 g/mol. The maximum Gasteiger partial charge on any atom is 0.0578 e. The predicted octanol–water partition coefficient (Wildman–Crippen LogP) is 3.63. The Kier molecular flexibility index (Phi) is 7.66. The van der Waals surface area contributed by atoms with E-state index < -0.39 is 0 Å². The first-order valence-electron chi connectivity index (χ1n) is 9.59. The zero-order valence-electron chi connectivity index (χ0n) is 15.4. The summed E-state index contributed by atoms with van der Waals surface area (Å²) in [4.78, 5) is 5.11. The molecule has 0 aromatic carbocycles. The standard InChI is InChI=1S/C19H38N2O/c1-16(2)22-19-9-7-18(8-10-19)6-5-17(3)15-21-13-11-20(4)12-14-21/h16-19H,5-15H2,1-4H3. The number of ether oxygens (including phenoxy) is 1. The number of hydrogen-bond acceptors (Lipinski definition) is 3. The second kappa shape index (κ2) is 9.24. The third-order valence-corrected chi connectivity index (χ3v) is 5.49. The van der Waals surface area contributed by atoms with Crippen LogP contribution in [0.5, 0.6) is 0 Å². The van der Waals surface area contributed by atoms with Crippen molar-refractivity contribution in [3.63, 3.8) is 0 Å². The highest BCUT2D eigenvalue weighted by Gasteiger charge is 2.23. The van der Waals surface area contributed by atoms with Gasteiger partial charge in [0.05, 0.1) is 12.2 Å². The van der Waals surface area contributed by atoms with E-state index in [4.69, 9.17) is 4.74 Å². The second-order valence-electron chi connectivity index (χ2n) is 8.11. The normalized spacial score (nSPS) is 29.9. The zero-order chi connectivity index (χ0) is 15.9. The molecule has 1 aliphatic carbocycles. The molecule has 2 rings (SSSR count). The topological polar surface area (TPSA) is 15.7 Å². The largest absolute Gasteiger partial charge is 0.376 e. The molecule has 0 radical (unpaired) electrons. The Hall–Kier alpha value is -0.120. The summed E-state index contributed by atoms with van der Waals surface area (Å²) in [5.41, 5.74) is 0. The van der Waals surface area contributed by atoms with Gasteiger partial charge in [-0.25, -0.2) is 0 Å². The van der Waals surface area contributed by atoms with Crippen molar-refractivity contribution < 1.29 is 4.74 Å². The van der Waals surface area contributed by atoms with Crippen molar-refractivity contribution in [2.45, 2.75) is 71.5 Å². The van der Waals surface area contributed by atoms with Crippen LogP contribution in [0.15, 0.2) is 0 Å². The Bertz CT molecular complexity index is 292. The first-order valence-corrected chi connectivity index (χ1v) is 9.59. The molecule has 1 atom stereocenters. The number of hydrogen-bond donors (Lipinski definition) is 0. The lowest BCUT2D eigenvalue weighted by molar-refractivity contribution is -0.0206. The molecule has 0 amide bonds. The van der Waals surface area contributed by atoms with Crippen molar-refractivity contribution in [1.82, 2.24) is 9.80 Å². The van der Waals surface area contributed by atoms with Gasteiger partial charge < -0.3 is 14.5 Å². The van der Waals surface area contributed by atoms with Gasteiger partial charge in [0.1, 0.15) is 0 Å². The molecule has 1 saturated heterocycles. The summed E-state index contributed by atoms with van der Waals surface area (Å²) in [6.07, 6.45) is 9.13. The van der Waals surface area contributed by atoms with Crippen LogP contribution in [0, 0.1) is 11.8 Å².